The Balaban J connectivity index is 2.27. The number of hydrogen-bond donors (Lipinski definition) is 1. The molecule has 20 heavy (non-hydrogen) atoms. The highest BCUT2D eigenvalue weighted by atomic mass is 16.5. The van der Waals surface area contributed by atoms with Gasteiger partial charge < -0.3 is 19.2 Å². The van der Waals surface area contributed by atoms with Crippen LogP contribution in [0, 0.1) is 13.8 Å². The Morgan fingerprint density at radius 2 is 1.75 bits per heavy atom. The maximum atomic E-state index is 12.1. The summed E-state index contributed by atoms with van der Waals surface area (Å²) in [6, 6.07) is 6.92. The molecule has 1 heterocycles. The Kier molecular flexibility index (Phi) is 3.98. The Morgan fingerprint density at radius 1 is 1.10 bits per heavy atom. The van der Waals surface area contributed by atoms with Crippen LogP contribution < -0.4 is 14.8 Å². The second kappa shape index (κ2) is 5.69. The molecule has 0 unspecified atom stereocenters. The second-order valence-corrected chi connectivity index (χ2v) is 4.39. The zero-order chi connectivity index (χ0) is 14.7. The highest BCUT2D eigenvalue weighted by molar-refractivity contribution is 6.02. The average Bonchev–Trinajstić information content (AvgIpc) is 2.87. The molecule has 0 aliphatic rings. The van der Waals surface area contributed by atoms with Gasteiger partial charge in [-0.15, -0.1) is 0 Å². The number of aryl methyl sites for hydroxylation is 2. The Morgan fingerprint density at radius 3 is 2.30 bits per heavy atom. The van der Waals surface area contributed by atoms with Crippen LogP contribution in [0.5, 0.6) is 11.5 Å². The van der Waals surface area contributed by atoms with Gasteiger partial charge in [0.25, 0.3) is 5.91 Å². The maximum Gasteiger partial charge on any atom is 0.291 e. The van der Waals surface area contributed by atoms with Crippen molar-refractivity contribution in [2.75, 3.05) is 19.5 Å². The second-order valence-electron chi connectivity index (χ2n) is 4.39. The molecular formula is C15H17NO4. The highest BCUT2D eigenvalue weighted by Crippen LogP contribution is 2.33. The first-order chi connectivity index (χ1) is 9.55. The smallest absolute Gasteiger partial charge is 0.291 e. The van der Waals surface area contributed by atoms with Crippen molar-refractivity contribution in [2.24, 2.45) is 0 Å². The summed E-state index contributed by atoms with van der Waals surface area (Å²) in [5, 5.41) is 2.80. The Labute approximate surface area is 117 Å². The van der Waals surface area contributed by atoms with Gasteiger partial charge >= 0.3 is 0 Å². The van der Waals surface area contributed by atoms with Crippen molar-refractivity contribution >= 4 is 11.6 Å². The van der Waals surface area contributed by atoms with Crippen molar-refractivity contribution < 1.29 is 18.7 Å². The number of hydrogen-bond acceptors (Lipinski definition) is 4. The minimum atomic E-state index is -0.298. The van der Waals surface area contributed by atoms with Crippen LogP contribution in [0.25, 0.3) is 0 Å². The number of anilines is 1. The molecule has 2 rings (SSSR count). The fourth-order valence-corrected chi connectivity index (χ4v) is 1.86. The molecule has 5 heteroatoms. The van der Waals surface area contributed by atoms with E-state index in [1.54, 1.807) is 39.3 Å². The van der Waals surface area contributed by atoms with Gasteiger partial charge in [0, 0.05) is 11.8 Å². The molecule has 0 saturated heterocycles. The number of rotatable bonds is 4. The van der Waals surface area contributed by atoms with Crippen LogP contribution in [0.4, 0.5) is 5.69 Å². The van der Waals surface area contributed by atoms with Gasteiger partial charge in [0.15, 0.2) is 17.3 Å². The molecule has 1 amide bonds. The maximum absolute atomic E-state index is 12.1. The zero-order valence-electron chi connectivity index (χ0n) is 11.9. The number of benzene rings is 1. The summed E-state index contributed by atoms with van der Waals surface area (Å²) in [6.07, 6.45) is 0. The van der Waals surface area contributed by atoms with Crippen LogP contribution in [0.15, 0.2) is 28.7 Å². The fraction of sp³-hybridized carbons (Fsp3) is 0.267. The van der Waals surface area contributed by atoms with Crippen molar-refractivity contribution in [1.82, 2.24) is 0 Å². The summed E-state index contributed by atoms with van der Waals surface area (Å²) >= 11 is 0. The number of nitrogens with one attached hydrogen (secondary N) is 1. The van der Waals surface area contributed by atoms with E-state index in [4.69, 9.17) is 13.9 Å². The number of carbonyl (C=O) groups is 1. The molecule has 5 nitrogen and oxygen atoms in total. The van der Waals surface area contributed by atoms with Crippen molar-refractivity contribution in [2.45, 2.75) is 13.8 Å². The molecule has 0 atom stereocenters. The van der Waals surface area contributed by atoms with Crippen LogP contribution in [-0.4, -0.2) is 20.1 Å². The lowest BCUT2D eigenvalue weighted by atomic mass is 10.1. The molecule has 0 radical (unpaired) electrons. The third-order valence-corrected chi connectivity index (χ3v) is 2.94. The quantitative estimate of drug-likeness (QED) is 0.931. The molecule has 0 aliphatic heterocycles. The summed E-state index contributed by atoms with van der Waals surface area (Å²) in [5.41, 5.74) is 1.53. The van der Waals surface area contributed by atoms with E-state index in [-0.39, 0.29) is 11.7 Å². The predicted molar refractivity (Wildman–Crippen MR) is 75.7 cm³/mol. The van der Waals surface area contributed by atoms with Crippen LogP contribution in [0.2, 0.25) is 0 Å². The monoisotopic (exact) mass is 275 g/mol. The minimum Gasteiger partial charge on any atom is -0.493 e. The van der Waals surface area contributed by atoms with E-state index in [1.165, 1.54) is 0 Å². The highest BCUT2D eigenvalue weighted by Gasteiger charge is 2.14. The third-order valence-electron chi connectivity index (χ3n) is 2.94. The van der Waals surface area contributed by atoms with Gasteiger partial charge in [0.05, 0.1) is 14.2 Å². The van der Waals surface area contributed by atoms with Gasteiger partial charge in [-0.25, -0.2) is 0 Å². The molecule has 106 valence electrons. The number of carbonyl (C=O) groups excluding carboxylic acids is 1. The van der Waals surface area contributed by atoms with E-state index in [0.717, 1.165) is 5.56 Å². The Hall–Kier alpha value is -2.43. The number of amides is 1. The molecule has 0 saturated carbocycles. The molecule has 0 aliphatic carbocycles. The van der Waals surface area contributed by atoms with Crippen molar-refractivity contribution in [3.05, 3.63) is 41.3 Å². The fourth-order valence-electron chi connectivity index (χ4n) is 1.86. The zero-order valence-corrected chi connectivity index (χ0v) is 11.9. The van der Waals surface area contributed by atoms with Crippen molar-refractivity contribution in [3.8, 4) is 11.5 Å². The SMILES string of the molecule is COc1cc(C)c(NC(=O)c2ccc(C)o2)cc1OC. The lowest BCUT2D eigenvalue weighted by Crippen LogP contribution is -2.12. The normalized spacial score (nSPS) is 10.2. The topological polar surface area (TPSA) is 60.7 Å². The number of methoxy groups -OCH3 is 2. The van der Waals surface area contributed by atoms with E-state index >= 15 is 0 Å². The van der Waals surface area contributed by atoms with Crippen LogP contribution >= 0.6 is 0 Å². The first kappa shape index (κ1) is 14.0. The standard InChI is InChI=1S/C15H17NO4/c1-9-7-13(18-3)14(19-4)8-11(9)16-15(17)12-6-5-10(2)20-12/h5-8H,1-4H3,(H,16,17). The van der Waals surface area contributed by atoms with E-state index in [0.29, 0.717) is 22.9 Å². The van der Waals surface area contributed by atoms with E-state index in [2.05, 4.69) is 5.32 Å². The first-order valence-electron chi connectivity index (χ1n) is 6.15. The summed E-state index contributed by atoms with van der Waals surface area (Å²) in [7, 11) is 3.12. The molecule has 1 aromatic carbocycles. The summed E-state index contributed by atoms with van der Waals surface area (Å²) < 4.78 is 15.7. The van der Waals surface area contributed by atoms with Crippen molar-refractivity contribution in [1.29, 1.82) is 0 Å². The molecular weight excluding hydrogens is 258 g/mol. The lowest BCUT2D eigenvalue weighted by molar-refractivity contribution is 0.0995. The third kappa shape index (κ3) is 2.77. The van der Waals surface area contributed by atoms with E-state index < -0.39 is 0 Å². The van der Waals surface area contributed by atoms with Gasteiger partial charge in [0.2, 0.25) is 0 Å². The largest absolute Gasteiger partial charge is 0.493 e. The molecule has 2 aromatic rings. The molecule has 0 bridgehead atoms. The van der Waals surface area contributed by atoms with Gasteiger partial charge in [0.1, 0.15) is 5.76 Å². The summed E-state index contributed by atoms with van der Waals surface area (Å²) in [5.74, 6) is 1.85. The van der Waals surface area contributed by atoms with E-state index in [1.807, 2.05) is 13.0 Å². The average molecular weight is 275 g/mol. The lowest BCUT2D eigenvalue weighted by Gasteiger charge is -2.13. The number of ether oxygens (including phenoxy) is 2. The number of furan rings is 1. The van der Waals surface area contributed by atoms with Gasteiger partial charge in [-0.05, 0) is 37.6 Å². The van der Waals surface area contributed by atoms with Crippen LogP contribution in [0.3, 0.4) is 0 Å². The minimum absolute atomic E-state index is 0.275. The summed E-state index contributed by atoms with van der Waals surface area (Å²) in [4.78, 5) is 12.1. The molecule has 1 N–H and O–H groups in total. The molecule has 0 spiro atoms. The van der Waals surface area contributed by atoms with E-state index in [9.17, 15) is 4.79 Å². The van der Waals surface area contributed by atoms with Gasteiger partial charge in [-0.1, -0.05) is 0 Å². The van der Waals surface area contributed by atoms with Gasteiger partial charge in [-0.3, -0.25) is 4.79 Å². The van der Waals surface area contributed by atoms with Crippen LogP contribution in [-0.2, 0) is 0 Å². The Bertz CT molecular complexity index is 631. The first-order valence-corrected chi connectivity index (χ1v) is 6.15. The predicted octanol–water partition coefficient (Wildman–Crippen LogP) is 3.17. The molecule has 0 fully saturated rings. The van der Waals surface area contributed by atoms with Gasteiger partial charge in [-0.2, -0.15) is 0 Å². The van der Waals surface area contributed by atoms with Crippen LogP contribution in [0.1, 0.15) is 21.9 Å². The molecule has 1 aromatic heterocycles. The summed E-state index contributed by atoms with van der Waals surface area (Å²) in [6.45, 7) is 3.67. The van der Waals surface area contributed by atoms with Crippen molar-refractivity contribution in [3.63, 3.8) is 0 Å².